The van der Waals surface area contributed by atoms with Crippen molar-refractivity contribution >= 4 is 15.4 Å². The first-order valence-electron chi connectivity index (χ1n) is 4.67. The van der Waals surface area contributed by atoms with E-state index in [4.69, 9.17) is 10.00 Å². The van der Waals surface area contributed by atoms with Crippen molar-refractivity contribution in [2.45, 2.75) is 6.42 Å². The lowest BCUT2D eigenvalue weighted by atomic mass is 10.1. The van der Waals surface area contributed by atoms with Crippen LogP contribution in [0.4, 0.5) is 5.69 Å². The van der Waals surface area contributed by atoms with Crippen LogP contribution in [0.3, 0.4) is 0 Å². The van der Waals surface area contributed by atoms with Gasteiger partial charge in [0.2, 0.25) is 0 Å². The molecule has 1 aromatic rings. The largest absolute Gasteiger partial charge is 0.494 e. The van der Waals surface area contributed by atoms with E-state index in [-0.39, 0.29) is 0 Å². The molecule has 0 radical (unpaired) electrons. The Morgan fingerprint density at radius 3 is 2.69 bits per heavy atom. The summed E-state index contributed by atoms with van der Waals surface area (Å²) in [6.07, 6.45) is 3.45. The molecule has 0 bridgehead atoms. The minimum absolute atomic E-state index is 0.324. The number of ether oxygens (including phenoxy) is 1. The predicted octanol–water partition coefficient (Wildman–Crippen LogP) is 2.12. The third-order valence-electron chi connectivity index (χ3n) is 1.85. The van der Waals surface area contributed by atoms with Gasteiger partial charge in [-0.3, -0.25) is 0 Å². The van der Waals surface area contributed by atoms with Gasteiger partial charge in [-0.15, -0.1) is 0 Å². The van der Waals surface area contributed by atoms with E-state index in [0.717, 1.165) is 5.56 Å². The summed E-state index contributed by atoms with van der Waals surface area (Å²) in [5.41, 5.74) is 1.41. The molecule has 0 fully saturated rings. The van der Waals surface area contributed by atoms with Gasteiger partial charge in [0.1, 0.15) is 11.4 Å². The molecule has 0 saturated carbocycles. The Labute approximate surface area is 96.0 Å². The molecule has 0 saturated heterocycles. The Morgan fingerprint density at radius 2 is 2.19 bits per heavy atom. The standard InChI is InChI=1S/C11H14N2O2S/c1-15-11-8-9(6-7-12)4-5-10(11)13-16(2,3)14/h4-5,8H,6H2,1-3H3. The summed E-state index contributed by atoms with van der Waals surface area (Å²) >= 11 is 0. The number of hydrogen-bond acceptors (Lipinski definition) is 4. The summed E-state index contributed by atoms with van der Waals surface area (Å²) in [5, 5.41) is 8.58. The molecule has 0 N–H and O–H groups in total. The average Bonchev–Trinajstić information content (AvgIpc) is 2.18. The number of rotatable bonds is 3. The van der Waals surface area contributed by atoms with Crippen LogP contribution in [0.1, 0.15) is 5.56 Å². The molecule has 4 nitrogen and oxygen atoms in total. The van der Waals surface area contributed by atoms with Crippen LogP contribution in [-0.2, 0) is 16.1 Å². The Hall–Kier alpha value is -1.54. The second-order valence-electron chi connectivity index (χ2n) is 3.61. The fourth-order valence-electron chi connectivity index (χ4n) is 1.24. The first-order chi connectivity index (χ1) is 7.46. The van der Waals surface area contributed by atoms with E-state index in [0.29, 0.717) is 17.9 Å². The quantitative estimate of drug-likeness (QED) is 0.810. The molecule has 5 heteroatoms. The molecule has 0 amide bonds. The third kappa shape index (κ3) is 3.55. The summed E-state index contributed by atoms with van der Waals surface area (Å²) in [6, 6.07) is 7.31. The number of hydrogen-bond donors (Lipinski definition) is 0. The van der Waals surface area contributed by atoms with Crippen molar-refractivity contribution in [2.24, 2.45) is 4.36 Å². The van der Waals surface area contributed by atoms with E-state index in [1.54, 1.807) is 30.7 Å². The lowest BCUT2D eigenvalue weighted by Gasteiger charge is -2.06. The van der Waals surface area contributed by atoms with Gasteiger partial charge in [0, 0.05) is 22.2 Å². The highest BCUT2D eigenvalue weighted by Crippen LogP contribution is 2.29. The summed E-state index contributed by atoms with van der Waals surface area (Å²) in [4.78, 5) is 0. The fraction of sp³-hybridized carbons (Fsp3) is 0.364. The van der Waals surface area contributed by atoms with Gasteiger partial charge in [0.15, 0.2) is 0 Å². The average molecular weight is 238 g/mol. The van der Waals surface area contributed by atoms with E-state index in [1.807, 2.05) is 0 Å². The summed E-state index contributed by atoms with van der Waals surface area (Å²) in [6.45, 7) is 0. The maximum atomic E-state index is 11.6. The van der Waals surface area contributed by atoms with Crippen molar-refractivity contribution in [2.75, 3.05) is 19.6 Å². The monoisotopic (exact) mass is 238 g/mol. The van der Waals surface area contributed by atoms with Crippen LogP contribution < -0.4 is 4.74 Å². The Kier molecular flexibility index (Phi) is 3.91. The molecule has 0 aliphatic heterocycles. The van der Waals surface area contributed by atoms with Gasteiger partial charge >= 0.3 is 0 Å². The maximum absolute atomic E-state index is 11.6. The van der Waals surface area contributed by atoms with Gasteiger partial charge < -0.3 is 4.74 Å². The lowest BCUT2D eigenvalue weighted by Crippen LogP contribution is -1.92. The zero-order valence-corrected chi connectivity index (χ0v) is 10.4. The summed E-state index contributed by atoms with van der Waals surface area (Å²) in [7, 11) is -0.679. The van der Waals surface area contributed by atoms with Crippen LogP contribution in [0.15, 0.2) is 22.6 Å². The first-order valence-corrected chi connectivity index (χ1v) is 7.00. The highest BCUT2D eigenvalue weighted by atomic mass is 32.2. The predicted molar refractivity (Wildman–Crippen MR) is 64.4 cm³/mol. The van der Waals surface area contributed by atoms with Crippen LogP contribution in [0.5, 0.6) is 5.75 Å². The molecular formula is C11H14N2O2S. The molecule has 0 heterocycles. The second-order valence-corrected chi connectivity index (χ2v) is 6.16. The van der Waals surface area contributed by atoms with E-state index >= 15 is 0 Å². The highest BCUT2D eigenvalue weighted by molar-refractivity contribution is 7.92. The number of nitriles is 1. The smallest absolute Gasteiger partial charge is 0.145 e. The minimum Gasteiger partial charge on any atom is -0.494 e. The van der Waals surface area contributed by atoms with Crippen LogP contribution in [0, 0.1) is 11.3 Å². The van der Waals surface area contributed by atoms with Crippen molar-refractivity contribution in [3.8, 4) is 11.8 Å². The number of nitrogens with zero attached hydrogens (tertiary/aromatic N) is 2. The van der Waals surface area contributed by atoms with E-state index in [2.05, 4.69) is 10.4 Å². The van der Waals surface area contributed by atoms with Crippen molar-refractivity contribution in [1.82, 2.24) is 0 Å². The molecule has 0 aromatic heterocycles. The summed E-state index contributed by atoms with van der Waals surface area (Å²) in [5.74, 6) is 0.546. The van der Waals surface area contributed by atoms with E-state index in [1.165, 1.54) is 7.11 Å². The molecular weight excluding hydrogens is 224 g/mol. The zero-order valence-electron chi connectivity index (χ0n) is 9.56. The second kappa shape index (κ2) is 4.99. The van der Waals surface area contributed by atoms with Crippen LogP contribution in [0.25, 0.3) is 0 Å². The van der Waals surface area contributed by atoms with Crippen molar-refractivity contribution < 1.29 is 8.95 Å². The Morgan fingerprint density at radius 1 is 1.50 bits per heavy atom. The van der Waals surface area contributed by atoms with Crippen molar-refractivity contribution in [3.63, 3.8) is 0 Å². The van der Waals surface area contributed by atoms with Crippen LogP contribution >= 0.6 is 0 Å². The van der Waals surface area contributed by atoms with Gasteiger partial charge in [0.05, 0.1) is 19.6 Å². The summed E-state index contributed by atoms with van der Waals surface area (Å²) < 4.78 is 20.8. The lowest BCUT2D eigenvalue weighted by molar-refractivity contribution is 0.416. The fourth-order valence-corrected chi connectivity index (χ4v) is 1.86. The zero-order chi connectivity index (χ0) is 12.2. The topological polar surface area (TPSA) is 62.4 Å². The van der Waals surface area contributed by atoms with Gasteiger partial charge in [-0.05, 0) is 17.7 Å². The SMILES string of the molecule is COc1cc(CC#N)ccc1N=S(C)(C)=O. The van der Waals surface area contributed by atoms with Gasteiger partial charge in [-0.2, -0.15) is 9.62 Å². The number of methoxy groups -OCH3 is 1. The highest BCUT2D eigenvalue weighted by Gasteiger charge is 2.04. The van der Waals surface area contributed by atoms with Crippen molar-refractivity contribution in [3.05, 3.63) is 23.8 Å². The van der Waals surface area contributed by atoms with E-state index < -0.39 is 9.73 Å². The molecule has 16 heavy (non-hydrogen) atoms. The molecule has 0 unspecified atom stereocenters. The number of benzene rings is 1. The normalized spacial score (nSPS) is 10.6. The third-order valence-corrected chi connectivity index (χ3v) is 2.48. The minimum atomic E-state index is -2.20. The Bertz CT molecular complexity index is 529. The van der Waals surface area contributed by atoms with Crippen LogP contribution in [-0.4, -0.2) is 23.8 Å². The molecule has 1 aromatic carbocycles. The van der Waals surface area contributed by atoms with Gasteiger partial charge in [-0.25, -0.2) is 4.21 Å². The Balaban J connectivity index is 3.24. The van der Waals surface area contributed by atoms with Gasteiger partial charge in [0.25, 0.3) is 0 Å². The molecule has 0 spiro atoms. The van der Waals surface area contributed by atoms with Gasteiger partial charge in [-0.1, -0.05) is 6.07 Å². The van der Waals surface area contributed by atoms with Crippen LogP contribution in [0.2, 0.25) is 0 Å². The molecule has 0 aliphatic rings. The first kappa shape index (κ1) is 12.5. The molecule has 1 rings (SSSR count). The maximum Gasteiger partial charge on any atom is 0.145 e. The molecule has 0 atom stereocenters. The van der Waals surface area contributed by atoms with Crippen molar-refractivity contribution in [1.29, 1.82) is 5.26 Å². The molecule has 0 aliphatic carbocycles. The molecule has 86 valence electrons. The van der Waals surface area contributed by atoms with E-state index in [9.17, 15) is 4.21 Å².